The molecule has 1 rings (SSSR count). The second-order valence-corrected chi connectivity index (χ2v) is 2.19. The van der Waals surface area contributed by atoms with Crippen molar-refractivity contribution in [3.63, 3.8) is 0 Å². The third-order valence-electron chi connectivity index (χ3n) is 1.48. The predicted molar refractivity (Wildman–Crippen MR) is 39.8 cm³/mol. The molecule has 1 N–H and O–H groups in total. The quantitative estimate of drug-likeness (QED) is 0.318. The smallest absolute Gasteiger partial charge is 0.221 e. The van der Waals surface area contributed by atoms with Crippen LogP contribution in [0.25, 0.3) is 0 Å². The number of hydrogen-bond acceptors (Lipinski definition) is 5. The van der Waals surface area contributed by atoms with Gasteiger partial charge in [-0.2, -0.15) is 5.26 Å². The van der Waals surface area contributed by atoms with Crippen LogP contribution in [0.1, 0.15) is 0 Å². The molecule has 0 saturated heterocycles. The zero-order valence-corrected chi connectivity index (χ0v) is 6.15. The second-order valence-electron chi connectivity index (χ2n) is 2.19. The summed E-state index contributed by atoms with van der Waals surface area (Å²) in [5.41, 5.74) is -0.0231. The predicted octanol–water partition coefficient (Wildman–Crippen LogP) is -0.316. The molecule has 0 atom stereocenters. The minimum absolute atomic E-state index is 0.0231. The molecule has 58 valence electrons. The van der Waals surface area contributed by atoms with Crippen LogP contribution in [0, 0.1) is 11.3 Å². The Morgan fingerprint density at radius 1 is 1.91 bits per heavy atom. The summed E-state index contributed by atoms with van der Waals surface area (Å²) in [6, 6.07) is 1.75. The van der Waals surface area contributed by atoms with Crippen LogP contribution < -0.4 is 0 Å². The van der Waals surface area contributed by atoms with E-state index in [-0.39, 0.29) is 5.71 Å². The van der Waals surface area contributed by atoms with Gasteiger partial charge in [-0.15, -0.1) is 0 Å². The molecule has 0 bridgehead atoms. The molecule has 0 fully saturated rings. The third kappa shape index (κ3) is 1.29. The van der Waals surface area contributed by atoms with Gasteiger partial charge in [-0.1, -0.05) is 5.16 Å². The lowest BCUT2D eigenvalue weighted by atomic mass is 10.3. The summed E-state index contributed by atoms with van der Waals surface area (Å²) in [5, 5.41) is 19.6. The molecule has 11 heavy (non-hydrogen) atoms. The molecule has 1 aliphatic rings. The average Bonchev–Trinajstić information content (AvgIpc) is 2.40. The highest BCUT2D eigenvalue weighted by atomic mass is 16.4. The molecule has 1 aliphatic heterocycles. The van der Waals surface area contributed by atoms with Crippen molar-refractivity contribution in [2.24, 2.45) is 10.1 Å². The summed E-state index contributed by atoms with van der Waals surface area (Å²) in [6.45, 7) is 1.43. The fraction of sp³-hybridized carbons (Fsp3) is 0.500. The van der Waals surface area contributed by atoms with E-state index >= 15 is 0 Å². The summed E-state index contributed by atoms with van der Waals surface area (Å²) < 4.78 is 0. The molecule has 0 aromatic carbocycles. The van der Waals surface area contributed by atoms with Crippen LogP contribution in [0.15, 0.2) is 10.1 Å². The second kappa shape index (κ2) is 3.01. The summed E-state index contributed by atoms with van der Waals surface area (Å²) in [6.07, 6.45) is 0. The largest absolute Gasteiger partial charge is 0.410 e. The van der Waals surface area contributed by atoms with Gasteiger partial charge in [0, 0.05) is 13.6 Å². The molecule has 0 spiro atoms. The van der Waals surface area contributed by atoms with Crippen molar-refractivity contribution < 1.29 is 5.21 Å². The fourth-order valence-electron chi connectivity index (χ4n) is 0.905. The standard InChI is InChI=1S/C6H8N4O/c1-10-3-2-8-6(10)5(4-7)9-11/h11H,2-3H2,1H3/b9-5+. The van der Waals surface area contributed by atoms with Crippen molar-refractivity contribution in [3.8, 4) is 6.07 Å². The van der Waals surface area contributed by atoms with E-state index in [4.69, 9.17) is 10.5 Å². The van der Waals surface area contributed by atoms with Crippen LogP contribution in [-0.4, -0.2) is 41.8 Å². The molecule has 0 amide bonds. The minimum Gasteiger partial charge on any atom is -0.410 e. The van der Waals surface area contributed by atoms with Gasteiger partial charge in [0.15, 0.2) is 5.84 Å². The molecular weight excluding hydrogens is 144 g/mol. The molecule has 1 heterocycles. The van der Waals surface area contributed by atoms with Crippen molar-refractivity contribution >= 4 is 11.5 Å². The Kier molecular flexibility index (Phi) is 2.06. The maximum absolute atomic E-state index is 8.46. The molecule has 0 saturated carbocycles. The van der Waals surface area contributed by atoms with Crippen molar-refractivity contribution in [2.75, 3.05) is 20.1 Å². The number of likely N-dealkylation sites (N-methyl/N-ethyl adjacent to an activating group) is 1. The maximum Gasteiger partial charge on any atom is 0.221 e. The number of nitrogens with zero attached hydrogens (tertiary/aromatic N) is 4. The van der Waals surface area contributed by atoms with Crippen LogP contribution in [-0.2, 0) is 0 Å². The lowest BCUT2D eigenvalue weighted by Crippen LogP contribution is -2.29. The first-order valence-corrected chi connectivity index (χ1v) is 3.17. The van der Waals surface area contributed by atoms with E-state index < -0.39 is 0 Å². The van der Waals surface area contributed by atoms with Gasteiger partial charge in [-0.3, -0.25) is 4.99 Å². The van der Waals surface area contributed by atoms with Gasteiger partial charge in [0.2, 0.25) is 5.71 Å². The molecular formula is C6H8N4O. The highest BCUT2D eigenvalue weighted by molar-refractivity contribution is 6.47. The SMILES string of the molecule is CN1CCN=C1/C(C#N)=N/O. The monoisotopic (exact) mass is 152 g/mol. The molecule has 0 unspecified atom stereocenters. The average molecular weight is 152 g/mol. The van der Waals surface area contributed by atoms with Gasteiger partial charge in [-0.05, 0) is 0 Å². The molecule has 0 aromatic rings. The normalized spacial score (nSPS) is 18.0. The van der Waals surface area contributed by atoms with Crippen LogP contribution in [0.4, 0.5) is 0 Å². The summed E-state index contributed by atoms with van der Waals surface area (Å²) in [4.78, 5) is 5.76. The highest BCUT2D eigenvalue weighted by Crippen LogP contribution is 1.99. The van der Waals surface area contributed by atoms with Gasteiger partial charge >= 0.3 is 0 Å². The third-order valence-corrected chi connectivity index (χ3v) is 1.48. The highest BCUT2D eigenvalue weighted by Gasteiger charge is 2.18. The van der Waals surface area contributed by atoms with Crippen LogP contribution in [0.2, 0.25) is 0 Å². The van der Waals surface area contributed by atoms with Crippen molar-refractivity contribution in [2.45, 2.75) is 0 Å². The fourth-order valence-corrected chi connectivity index (χ4v) is 0.905. The van der Waals surface area contributed by atoms with Gasteiger partial charge in [-0.25, -0.2) is 0 Å². The summed E-state index contributed by atoms with van der Waals surface area (Å²) >= 11 is 0. The summed E-state index contributed by atoms with van der Waals surface area (Å²) in [5.74, 6) is 0.468. The van der Waals surface area contributed by atoms with Crippen molar-refractivity contribution in [1.29, 1.82) is 5.26 Å². The van der Waals surface area contributed by atoms with E-state index in [1.807, 2.05) is 0 Å². The number of nitriles is 1. The van der Waals surface area contributed by atoms with Gasteiger partial charge in [0.25, 0.3) is 0 Å². The number of amidine groups is 1. The zero-order chi connectivity index (χ0) is 8.27. The first-order chi connectivity index (χ1) is 5.29. The minimum atomic E-state index is -0.0231. The Labute approximate surface area is 64.2 Å². The Bertz CT molecular complexity index is 250. The summed E-state index contributed by atoms with van der Waals surface area (Å²) in [7, 11) is 1.80. The number of rotatable bonds is 1. The van der Waals surface area contributed by atoms with Crippen molar-refractivity contribution in [1.82, 2.24) is 4.90 Å². The van der Waals surface area contributed by atoms with Crippen LogP contribution >= 0.6 is 0 Å². The number of oxime groups is 1. The van der Waals surface area contributed by atoms with Crippen LogP contribution in [0.5, 0.6) is 0 Å². The van der Waals surface area contributed by atoms with E-state index in [1.54, 1.807) is 18.0 Å². The Morgan fingerprint density at radius 2 is 2.64 bits per heavy atom. The zero-order valence-electron chi connectivity index (χ0n) is 6.15. The molecule has 0 aromatic heterocycles. The Morgan fingerprint density at radius 3 is 3.00 bits per heavy atom. The molecule has 5 heteroatoms. The van der Waals surface area contributed by atoms with Gasteiger partial charge in [0.05, 0.1) is 6.54 Å². The Hall–Kier alpha value is -1.57. The van der Waals surface area contributed by atoms with Crippen LogP contribution in [0.3, 0.4) is 0 Å². The Balaban J connectivity index is 2.83. The van der Waals surface area contributed by atoms with Gasteiger partial charge < -0.3 is 10.1 Å². The van der Waals surface area contributed by atoms with E-state index in [0.29, 0.717) is 12.4 Å². The lowest BCUT2D eigenvalue weighted by Gasteiger charge is -2.09. The van der Waals surface area contributed by atoms with E-state index in [2.05, 4.69) is 10.1 Å². The lowest BCUT2D eigenvalue weighted by molar-refractivity contribution is 0.320. The van der Waals surface area contributed by atoms with E-state index in [0.717, 1.165) is 6.54 Å². The maximum atomic E-state index is 8.46. The molecule has 5 nitrogen and oxygen atoms in total. The number of aliphatic imine (C=N–C) groups is 1. The van der Waals surface area contributed by atoms with E-state index in [9.17, 15) is 0 Å². The number of hydrogen-bond donors (Lipinski definition) is 1. The van der Waals surface area contributed by atoms with Crippen molar-refractivity contribution in [3.05, 3.63) is 0 Å². The topological polar surface area (TPSA) is 72.0 Å². The van der Waals surface area contributed by atoms with E-state index in [1.165, 1.54) is 0 Å². The van der Waals surface area contributed by atoms with Gasteiger partial charge in [0.1, 0.15) is 6.07 Å². The first kappa shape index (κ1) is 7.54. The molecule has 0 radical (unpaired) electrons. The first-order valence-electron chi connectivity index (χ1n) is 3.17. The molecule has 0 aliphatic carbocycles.